The van der Waals surface area contributed by atoms with Crippen LogP contribution in [-0.2, 0) is 13.6 Å². The lowest BCUT2D eigenvalue weighted by Crippen LogP contribution is -2.40. The Morgan fingerprint density at radius 3 is 1.54 bits per heavy atom. The minimum absolute atomic E-state index is 0.0863. The Bertz CT molecular complexity index is 598. The lowest BCUT2D eigenvalue weighted by molar-refractivity contribution is -0.104. The second-order valence-electron chi connectivity index (χ2n) is 15.3. The fourth-order valence-corrected chi connectivity index (χ4v) is 9.11. The second-order valence-corrected chi connectivity index (χ2v) is 19.4. The van der Waals surface area contributed by atoms with Crippen LogP contribution in [-0.4, -0.2) is 33.4 Å². The van der Waals surface area contributed by atoms with Crippen LogP contribution in [0.3, 0.4) is 0 Å². The van der Waals surface area contributed by atoms with E-state index in [1.807, 2.05) is 0 Å². The first kappa shape index (κ1) is 44.6. The van der Waals surface area contributed by atoms with Crippen molar-refractivity contribution in [3.63, 3.8) is 0 Å². The fourth-order valence-electron chi connectivity index (χ4n) is 7.19. The lowest BCUT2D eigenvalue weighted by Gasteiger charge is -2.29. The van der Waals surface area contributed by atoms with Gasteiger partial charge in [0.2, 0.25) is 0 Å². The highest BCUT2D eigenvalue weighted by Gasteiger charge is 2.29. The van der Waals surface area contributed by atoms with Gasteiger partial charge in [-0.2, -0.15) is 0 Å². The zero-order valence-corrected chi connectivity index (χ0v) is 34.3. The van der Waals surface area contributed by atoms with Gasteiger partial charge in [-0.3, -0.25) is 0 Å². The highest BCUT2D eigenvalue weighted by molar-refractivity contribution is 9.09. The molecule has 1 fully saturated rings. The molecule has 1 rings (SSSR count). The summed E-state index contributed by atoms with van der Waals surface area (Å²) in [6.45, 7) is 8.38. The van der Waals surface area contributed by atoms with Crippen molar-refractivity contribution in [1.82, 2.24) is 0 Å². The highest BCUT2D eigenvalue weighted by Crippen LogP contribution is 2.28. The van der Waals surface area contributed by atoms with Crippen LogP contribution in [0.4, 0.5) is 0 Å². The molecule has 0 N–H and O–H groups in total. The molecule has 276 valence electrons. The van der Waals surface area contributed by atoms with Crippen molar-refractivity contribution in [2.24, 2.45) is 5.92 Å². The molecule has 1 saturated carbocycles. The summed E-state index contributed by atoms with van der Waals surface area (Å²) in [6, 6.07) is 0. The Morgan fingerprint density at radius 1 is 0.543 bits per heavy atom. The van der Waals surface area contributed by atoms with Gasteiger partial charge >= 0.3 is 8.56 Å². The first-order chi connectivity index (χ1) is 22.6. The SMILES string of the molecule is CCCCCCCCCCCCCCCCOC(CCCCCCCCCCC1CCCCC1)O[Si](C)(C)OCCCCCCBr. The van der Waals surface area contributed by atoms with Crippen molar-refractivity contribution in [2.45, 2.75) is 238 Å². The van der Waals surface area contributed by atoms with Crippen molar-refractivity contribution < 1.29 is 13.6 Å². The van der Waals surface area contributed by atoms with Gasteiger partial charge in [0, 0.05) is 18.5 Å². The number of halogens is 1. The maximum Gasteiger partial charge on any atom is 0.333 e. The summed E-state index contributed by atoms with van der Waals surface area (Å²) in [5, 5.41) is 1.11. The van der Waals surface area contributed by atoms with Crippen molar-refractivity contribution in [3.8, 4) is 0 Å². The first-order valence-electron chi connectivity index (χ1n) is 21.1. The summed E-state index contributed by atoms with van der Waals surface area (Å²) in [4.78, 5) is 0. The summed E-state index contributed by atoms with van der Waals surface area (Å²) in [5.74, 6) is 1.06. The quantitative estimate of drug-likeness (QED) is 0.0278. The number of ether oxygens (including phenoxy) is 1. The van der Waals surface area contributed by atoms with Gasteiger partial charge < -0.3 is 13.6 Å². The van der Waals surface area contributed by atoms with E-state index in [0.717, 1.165) is 43.7 Å². The largest absolute Gasteiger partial charge is 0.394 e. The van der Waals surface area contributed by atoms with Crippen LogP contribution in [0.1, 0.15) is 219 Å². The molecule has 0 saturated heterocycles. The Labute approximate surface area is 299 Å². The van der Waals surface area contributed by atoms with Crippen LogP contribution in [0.2, 0.25) is 13.1 Å². The number of hydrogen-bond donors (Lipinski definition) is 0. The van der Waals surface area contributed by atoms with Gasteiger partial charge in [-0.15, -0.1) is 0 Å². The Kier molecular flexibility index (Phi) is 33.0. The van der Waals surface area contributed by atoms with Gasteiger partial charge in [0.05, 0.1) is 0 Å². The van der Waals surface area contributed by atoms with Gasteiger partial charge in [0.25, 0.3) is 0 Å². The molecule has 0 aliphatic heterocycles. The number of alkyl halides is 1. The molecule has 0 aromatic carbocycles. The van der Waals surface area contributed by atoms with Crippen LogP contribution in [0.25, 0.3) is 0 Å². The van der Waals surface area contributed by atoms with E-state index in [9.17, 15) is 0 Å². The minimum Gasteiger partial charge on any atom is -0.394 e. The molecule has 3 nitrogen and oxygen atoms in total. The molecule has 0 bridgehead atoms. The normalized spacial score (nSPS) is 15.1. The molecule has 0 aromatic heterocycles. The monoisotopic (exact) mass is 731 g/mol. The zero-order valence-electron chi connectivity index (χ0n) is 31.7. The third kappa shape index (κ3) is 30.6. The summed E-state index contributed by atoms with van der Waals surface area (Å²) in [6.07, 6.45) is 45.4. The third-order valence-corrected chi connectivity index (χ3v) is 12.5. The van der Waals surface area contributed by atoms with E-state index in [0.29, 0.717) is 0 Å². The Hall–Kier alpha value is 0.577. The summed E-state index contributed by atoms with van der Waals surface area (Å²) < 4.78 is 19.3. The van der Waals surface area contributed by atoms with E-state index in [2.05, 4.69) is 35.9 Å². The molecular weight excluding hydrogens is 648 g/mol. The standard InChI is InChI=1S/C41H83BrO3Si/c1-4-5-6-7-8-9-10-11-12-13-16-19-23-31-38-43-41(45-46(2,3)44-39-32-24-22-30-37-42)36-29-21-18-15-14-17-20-26-33-40-34-27-25-28-35-40/h40-41H,4-39H2,1-3H3. The fraction of sp³-hybridized carbons (Fsp3) is 1.00. The van der Waals surface area contributed by atoms with Crippen LogP contribution in [0, 0.1) is 5.92 Å². The Balaban J connectivity index is 2.16. The average molecular weight is 732 g/mol. The molecule has 0 amide bonds. The van der Waals surface area contributed by atoms with Gasteiger partial charge in [-0.05, 0) is 51.1 Å². The minimum atomic E-state index is -2.19. The smallest absolute Gasteiger partial charge is 0.333 e. The topological polar surface area (TPSA) is 27.7 Å². The number of rotatable bonds is 36. The van der Waals surface area contributed by atoms with E-state index >= 15 is 0 Å². The molecule has 0 aromatic rings. The predicted octanol–water partition coefficient (Wildman–Crippen LogP) is 15.0. The van der Waals surface area contributed by atoms with Crippen molar-refractivity contribution >= 4 is 24.5 Å². The lowest BCUT2D eigenvalue weighted by atomic mass is 9.85. The number of hydrogen-bond acceptors (Lipinski definition) is 3. The molecule has 0 spiro atoms. The van der Waals surface area contributed by atoms with Crippen LogP contribution >= 0.6 is 15.9 Å². The molecule has 5 heteroatoms. The van der Waals surface area contributed by atoms with Crippen molar-refractivity contribution in [2.75, 3.05) is 18.5 Å². The number of unbranched alkanes of at least 4 members (excludes halogenated alkanes) is 23. The Morgan fingerprint density at radius 2 is 1.00 bits per heavy atom. The van der Waals surface area contributed by atoms with Gasteiger partial charge in [0.1, 0.15) is 6.29 Å². The second kappa shape index (κ2) is 34.0. The van der Waals surface area contributed by atoms with E-state index in [1.165, 1.54) is 193 Å². The molecular formula is C41H83BrO3Si. The average Bonchev–Trinajstić information content (AvgIpc) is 3.05. The third-order valence-electron chi connectivity index (χ3n) is 10.2. The molecule has 0 heterocycles. The first-order valence-corrected chi connectivity index (χ1v) is 25.0. The summed E-state index contributed by atoms with van der Waals surface area (Å²) in [5.41, 5.74) is 0. The molecule has 0 radical (unpaired) electrons. The van der Waals surface area contributed by atoms with Gasteiger partial charge in [0.15, 0.2) is 0 Å². The van der Waals surface area contributed by atoms with E-state index in [-0.39, 0.29) is 6.29 Å². The van der Waals surface area contributed by atoms with Gasteiger partial charge in [-0.25, -0.2) is 0 Å². The molecule has 1 atom stereocenters. The summed E-state index contributed by atoms with van der Waals surface area (Å²) >= 11 is 3.54. The van der Waals surface area contributed by atoms with E-state index < -0.39 is 8.56 Å². The molecule has 1 unspecified atom stereocenters. The van der Waals surface area contributed by atoms with Crippen molar-refractivity contribution in [3.05, 3.63) is 0 Å². The predicted molar refractivity (Wildman–Crippen MR) is 210 cm³/mol. The van der Waals surface area contributed by atoms with E-state index in [1.54, 1.807) is 0 Å². The molecule has 46 heavy (non-hydrogen) atoms. The maximum absolute atomic E-state index is 6.59. The molecule has 1 aliphatic carbocycles. The van der Waals surface area contributed by atoms with Crippen LogP contribution in [0.5, 0.6) is 0 Å². The highest BCUT2D eigenvalue weighted by atomic mass is 79.9. The zero-order chi connectivity index (χ0) is 33.2. The molecule has 1 aliphatic rings. The van der Waals surface area contributed by atoms with E-state index in [4.69, 9.17) is 13.6 Å². The van der Waals surface area contributed by atoms with Crippen LogP contribution in [0.15, 0.2) is 0 Å². The van der Waals surface area contributed by atoms with Crippen LogP contribution < -0.4 is 0 Å². The maximum atomic E-state index is 6.59. The van der Waals surface area contributed by atoms with Gasteiger partial charge in [-0.1, -0.05) is 203 Å². The summed E-state index contributed by atoms with van der Waals surface area (Å²) in [7, 11) is -2.19. The van der Waals surface area contributed by atoms with Crippen molar-refractivity contribution in [1.29, 1.82) is 0 Å².